The van der Waals surface area contributed by atoms with Crippen LogP contribution in [0.25, 0.3) is 0 Å². The zero-order chi connectivity index (χ0) is 18.5. The molecule has 0 aliphatic heterocycles. The van der Waals surface area contributed by atoms with E-state index in [-0.39, 0.29) is 11.7 Å². The number of ketones is 1. The van der Waals surface area contributed by atoms with E-state index in [0.717, 1.165) is 37.1 Å². The predicted molar refractivity (Wildman–Crippen MR) is 97.7 cm³/mol. The number of aliphatic hydroxyl groups is 1. The fourth-order valence-corrected chi connectivity index (χ4v) is 5.46. The van der Waals surface area contributed by atoms with Crippen LogP contribution in [-0.2, 0) is 11.2 Å². The number of Topliss-reactive ketones (excluding diaryl/α,β-unsaturated/α-hetero) is 1. The van der Waals surface area contributed by atoms with Crippen molar-refractivity contribution in [1.29, 1.82) is 0 Å². The van der Waals surface area contributed by atoms with Crippen molar-refractivity contribution < 1.29 is 14.6 Å². The predicted octanol–water partition coefficient (Wildman–Crippen LogP) is 3.41. The Balaban J connectivity index is 1.73. The van der Waals surface area contributed by atoms with Gasteiger partial charge >= 0.3 is 0 Å². The molecule has 1 aromatic rings. The van der Waals surface area contributed by atoms with Gasteiger partial charge in [0.1, 0.15) is 17.0 Å². The lowest BCUT2D eigenvalue weighted by molar-refractivity contribution is -0.143. The molecule has 6 nitrogen and oxygen atoms in total. The van der Waals surface area contributed by atoms with Crippen LogP contribution < -0.4 is 4.74 Å². The summed E-state index contributed by atoms with van der Waals surface area (Å²) in [4.78, 5) is 12.2. The number of ether oxygens (including phenoxy) is 1. The molecule has 6 heteroatoms. The van der Waals surface area contributed by atoms with Gasteiger partial charge < -0.3 is 9.84 Å². The lowest BCUT2D eigenvalue weighted by Crippen LogP contribution is -2.49. The van der Waals surface area contributed by atoms with Gasteiger partial charge in [-0.25, -0.2) is 0 Å². The van der Waals surface area contributed by atoms with Crippen LogP contribution >= 0.6 is 0 Å². The molecule has 0 aromatic heterocycles. The quantitative estimate of drug-likeness (QED) is 0.664. The van der Waals surface area contributed by atoms with Crippen molar-refractivity contribution in [3.05, 3.63) is 23.3 Å². The van der Waals surface area contributed by atoms with Gasteiger partial charge in [-0.15, -0.1) is 5.11 Å². The van der Waals surface area contributed by atoms with Crippen LogP contribution in [0.15, 0.2) is 22.5 Å². The monoisotopic (exact) mass is 357 g/mol. The average Bonchev–Trinajstić information content (AvgIpc) is 2.94. The van der Waals surface area contributed by atoms with E-state index in [1.54, 1.807) is 12.1 Å². The molecule has 3 aliphatic carbocycles. The fourth-order valence-electron chi connectivity index (χ4n) is 5.46. The fraction of sp³-hybridized carbons (Fsp3) is 0.650. The third kappa shape index (κ3) is 2.54. The Morgan fingerprint density at radius 2 is 2.04 bits per heavy atom. The summed E-state index contributed by atoms with van der Waals surface area (Å²) in [5.74, 6) is 1.67. The molecular weight excluding hydrogens is 330 g/mol. The highest BCUT2D eigenvalue weighted by molar-refractivity contribution is 5.90. The minimum absolute atomic E-state index is 0.0574. The summed E-state index contributed by atoms with van der Waals surface area (Å²) in [5.41, 5.74) is 2.26. The first kappa shape index (κ1) is 17.5. The van der Waals surface area contributed by atoms with Crippen molar-refractivity contribution in [3.63, 3.8) is 0 Å². The van der Waals surface area contributed by atoms with Crippen molar-refractivity contribution in [1.82, 2.24) is 5.01 Å². The van der Waals surface area contributed by atoms with E-state index in [1.165, 1.54) is 11.1 Å². The van der Waals surface area contributed by atoms with Gasteiger partial charge in [-0.1, -0.05) is 11.3 Å². The van der Waals surface area contributed by atoms with E-state index >= 15 is 0 Å². The maximum atomic E-state index is 12.2. The minimum Gasteiger partial charge on any atom is -0.494 e. The maximum absolute atomic E-state index is 12.2. The van der Waals surface area contributed by atoms with Gasteiger partial charge in [0.05, 0.1) is 7.11 Å². The van der Waals surface area contributed by atoms with E-state index in [0.29, 0.717) is 24.7 Å². The Kier molecular flexibility index (Phi) is 4.26. The Morgan fingerprint density at radius 3 is 2.77 bits per heavy atom. The minimum atomic E-state index is -1.07. The van der Waals surface area contributed by atoms with Gasteiger partial charge in [-0.05, 0) is 67.1 Å². The standard InChI is InChI=1S/C20H27N3O3/c1-23(2)22-21-19-15-5-4-14-13(12(15)6-8-17(19)26-3)10-11-20(25)16(14)7-9-18(20)24/h6,8,13-14,16,25H,4-5,7,9-11H2,1-3H3. The highest BCUT2D eigenvalue weighted by Gasteiger charge is 2.56. The molecule has 0 bridgehead atoms. The van der Waals surface area contributed by atoms with E-state index in [9.17, 15) is 9.90 Å². The van der Waals surface area contributed by atoms with Crippen molar-refractivity contribution in [2.24, 2.45) is 22.2 Å². The summed E-state index contributed by atoms with van der Waals surface area (Å²) in [7, 11) is 5.35. The van der Waals surface area contributed by atoms with Crippen LogP contribution in [0, 0.1) is 11.8 Å². The number of methoxy groups -OCH3 is 1. The van der Waals surface area contributed by atoms with E-state index in [4.69, 9.17) is 4.74 Å². The molecule has 0 heterocycles. The number of carbonyl (C=O) groups is 1. The zero-order valence-corrected chi connectivity index (χ0v) is 15.7. The Bertz CT molecular complexity index is 761. The molecule has 2 fully saturated rings. The second kappa shape index (κ2) is 6.34. The third-order valence-electron chi connectivity index (χ3n) is 6.60. The summed E-state index contributed by atoms with van der Waals surface area (Å²) >= 11 is 0. The lowest BCUT2D eigenvalue weighted by Gasteiger charge is -2.47. The molecule has 26 heavy (non-hydrogen) atoms. The summed E-state index contributed by atoms with van der Waals surface area (Å²) < 4.78 is 5.52. The molecule has 1 aromatic carbocycles. The molecule has 0 saturated heterocycles. The molecule has 2 saturated carbocycles. The van der Waals surface area contributed by atoms with Crippen molar-refractivity contribution in [2.75, 3.05) is 21.2 Å². The highest BCUT2D eigenvalue weighted by Crippen LogP contribution is 2.57. The van der Waals surface area contributed by atoms with Crippen molar-refractivity contribution in [2.45, 2.75) is 50.0 Å². The van der Waals surface area contributed by atoms with Gasteiger partial charge in [-0.2, -0.15) is 0 Å². The summed E-state index contributed by atoms with van der Waals surface area (Å²) in [5, 5.41) is 21.2. The Labute approximate surface area is 154 Å². The Morgan fingerprint density at radius 1 is 1.23 bits per heavy atom. The molecular formula is C20H27N3O3. The molecule has 4 unspecified atom stereocenters. The normalized spacial score (nSPS) is 32.9. The first-order valence-electron chi connectivity index (χ1n) is 9.50. The van der Waals surface area contributed by atoms with Gasteiger partial charge in [0, 0.05) is 20.5 Å². The molecule has 1 N–H and O–H groups in total. The lowest BCUT2D eigenvalue weighted by atomic mass is 9.59. The summed E-state index contributed by atoms with van der Waals surface area (Å²) in [6.07, 6.45) is 4.66. The molecule has 0 radical (unpaired) electrons. The number of rotatable bonds is 3. The Hall–Kier alpha value is -1.95. The average molecular weight is 357 g/mol. The number of benzene rings is 1. The van der Waals surface area contributed by atoms with Crippen LogP contribution in [0.1, 0.15) is 49.1 Å². The van der Waals surface area contributed by atoms with Gasteiger partial charge in [0.25, 0.3) is 0 Å². The van der Waals surface area contributed by atoms with Crippen molar-refractivity contribution >= 4 is 11.5 Å². The second-order valence-electron chi connectivity index (χ2n) is 8.06. The molecule has 0 amide bonds. The molecule has 3 aliphatic rings. The molecule has 4 rings (SSSR count). The summed E-state index contributed by atoms with van der Waals surface area (Å²) in [6, 6.07) is 4.13. The number of hydrogen-bond donors (Lipinski definition) is 1. The van der Waals surface area contributed by atoms with Gasteiger partial charge in [-0.3, -0.25) is 9.80 Å². The van der Waals surface area contributed by atoms with Crippen LogP contribution in [0.2, 0.25) is 0 Å². The maximum Gasteiger partial charge on any atom is 0.164 e. The number of nitrogens with zero attached hydrogens (tertiary/aromatic N) is 3. The smallest absolute Gasteiger partial charge is 0.164 e. The number of fused-ring (bicyclic) bond motifs is 5. The van der Waals surface area contributed by atoms with Crippen molar-refractivity contribution in [3.8, 4) is 5.75 Å². The topological polar surface area (TPSA) is 74.5 Å². The third-order valence-corrected chi connectivity index (χ3v) is 6.60. The van der Waals surface area contributed by atoms with Gasteiger partial charge in [0.2, 0.25) is 0 Å². The van der Waals surface area contributed by atoms with E-state index in [1.807, 2.05) is 20.2 Å². The van der Waals surface area contributed by atoms with E-state index < -0.39 is 5.60 Å². The highest BCUT2D eigenvalue weighted by atomic mass is 16.5. The van der Waals surface area contributed by atoms with Crippen LogP contribution in [0.4, 0.5) is 5.69 Å². The van der Waals surface area contributed by atoms with Gasteiger partial charge in [0.15, 0.2) is 5.78 Å². The SMILES string of the molecule is COc1ccc2c(c1N=NN(C)C)CCC1C2CCC2(O)C(=O)CCC12. The molecule has 140 valence electrons. The first-order valence-corrected chi connectivity index (χ1v) is 9.50. The number of carbonyl (C=O) groups excluding carboxylic acids is 1. The van der Waals surface area contributed by atoms with Crippen LogP contribution in [-0.4, -0.2) is 42.7 Å². The van der Waals surface area contributed by atoms with E-state index in [2.05, 4.69) is 16.4 Å². The number of hydrogen-bond acceptors (Lipinski definition) is 5. The zero-order valence-electron chi connectivity index (χ0n) is 15.7. The second-order valence-corrected chi connectivity index (χ2v) is 8.06. The van der Waals surface area contributed by atoms with Crippen LogP contribution in [0.3, 0.4) is 0 Å². The first-order chi connectivity index (χ1) is 12.5. The molecule has 0 spiro atoms. The largest absolute Gasteiger partial charge is 0.494 e. The molecule has 4 atom stereocenters. The van der Waals surface area contributed by atoms with Crippen LogP contribution in [0.5, 0.6) is 5.75 Å². The summed E-state index contributed by atoms with van der Waals surface area (Å²) in [6.45, 7) is 0.